The molecular weight excluding hydrogens is 258 g/mol. The molecule has 110 valence electrons. The highest BCUT2D eigenvalue weighted by Crippen LogP contribution is 2.43. The van der Waals surface area contributed by atoms with Gasteiger partial charge in [0.05, 0.1) is 6.33 Å². The summed E-state index contributed by atoms with van der Waals surface area (Å²) in [5, 5.41) is 3.85. The molecule has 1 heterocycles. The minimum absolute atomic E-state index is 0.664. The van der Waals surface area contributed by atoms with Gasteiger partial charge in [-0.1, -0.05) is 30.7 Å². The fourth-order valence-corrected chi connectivity index (χ4v) is 4.32. The summed E-state index contributed by atoms with van der Waals surface area (Å²) in [7, 11) is 0. The van der Waals surface area contributed by atoms with Gasteiger partial charge in [-0.15, -0.1) is 0 Å². The maximum absolute atomic E-state index is 4.11. The van der Waals surface area contributed by atoms with Crippen molar-refractivity contribution in [3.63, 3.8) is 0 Å². The van der Waals surface area contributed by atoms with E-state index in [-0.39, 0.29) is 0 Å². The van der Waals surface area contributed by atoms with Gasteiger partial charge in [0, 0.05) is 31.5 Å². The van der Waals surface area contributed by atoms with E-state index in [1.165, 1.54) is 25.7 Å². The monoisotopic (exact) mass is 281 g/mol. The van der Waals surface area contributed by atoms with E-state index in [1.807, 2.05) is 18.7 Å². The van der Waals surface area contributed by atoms with Gasteiger partial charge in [0.2, 0.25) is 0 Å². The second kappa shape index (κ2) is 5.64. The van der Waals surface area contributed by atoms with Crippen molar-refractivity contribution in [1.82, 2.24) is 14.9 Å². The van der Waals surface area contributed by atoms with Crippen LogP contribution in [0.1, 0.15) is 36.3 Å². The molecule has 3 nitrogen and oxygen atoms in total. The quantitative estimate of drug-likeness (QED) is 0.933. The van der Waals surface area contributed by atoms with Crippen LogP contribution in [-0.4, -0.2) is 22.1 Å². The highest BCUT2D eigenvalue weighted by molar-refractivity contribution is 5.36. The molecule has 0 saturated heterocycles. The molecule has 0 spiro atoms. The average Bonchev–Trinajstić information content (AvgIpc) is 3.01. The predicted octanol–water partition coefficient (Wildman–Crippen LogP) is 2.98. The number of nitrogens with zero attached hydrogens (tertiary/aromatic N) is 2. The standard InChI is InChI=1S/C18H23N3/c1-2-6-16-14(4-1)12-15-5-3-7-17(16)18(15)20-9-11-21-10-8-19-13-21/h1-2,4,6,8,10,13,15,17-18,20H,3,5,7,9,11-12H2. The summed E-state index contributed by atoms with van der Waals surface area (Å²) in [5.41, 5.74) is 3.20. The lowest BCUT2D eigenvalue weighted by Gasteiger charge is -2.44. The first kappa shape index (κ1) is 13.1. The van der Waals surface area contributed by atoms with Crippen LogP contribution in [-0.2, 0) is 13.0 Å². The molecule has 0 aliphatic heterocycles. The summed E-state index contributed by atoms with van der Waals surface area (Å²) in [4.78, 5) is 4.11. The smallest absolute Gasteiger partial charge is 0.0946 e. The van der Waals surface area contributed by atoms with Gasteiger partial charge < -0.3 is 9.88 Å². The molecule has 2 aromatic rings. The van der Waals surface area contributed by atoms with Crippen LogP contribution in [0.3, 0.4) is 0 Å². The molecule has 0 radical (unpaired) electrons. The summed E-state index contributed by atoms with van der Waals surface area (Å²) in [6.07, 6.45) is 11.2. The van der Waals surface area contributed by atoms with Gasteiger partial charge in [-0.05, 0) is 42.2 Å². The molecule has 2 aliphatic carbocycles. The van der Waals surface area contributed by atoms with E-state index in [0.717, 1.165) is 24.9 Å². The van der Waals surface area contributed by atoms with Gasteiger partial charge in [0.15, 0.2) is 0 Å². The number of fused-ring (bicyclic) bond motifs is 4. The van der Waals surface area contributed by atoms with Crippen LogP contribution in [0, 0.1) is 5.92 Å². The summed E-state index contributed by atoms with van der Waals surface area (Å²) >= 11 is 0. The van der Waals surface area contributed by atoms with E-state index in [9.17, 15) is 0 Å². The molecule has 4 rings (SSSR count). The first-order valence-electron chi connectivity index (χ1n) is 8.19. The van der Waals surface area contributed by atoms with Crippen molar-refractivity contribution in [2.45, 2.75) is 44.2 Å². The van der Waals surface area contributed by atoms with E-state index in [0.29, 0.717) is 6.04 Å². The van der Waals surface area contributed by atoms with Crippen molar-refractivity contribution in [3.8, 4) is 0 Å². The van der Waals surface area contributed by atoms with Crippen LogP contribution in [0.15, 0.2) is 43.0 Å². The predicted molar refractivity (Wildman–Crippen MR) is 84.2 cm³/mol. The third kappa shape index (κ3) is 2.51. The minimum Gasteiger partial charge on any atom is -0.336 e. The lowest BCUT2D eigenvalue weighted by Crippen LogP contribution is -2.48. The number of imidazole rings is 1. The molecule has 1 saturated carbocycles. The summed E-state index contributed by atoms with van der Waals surface area (Å²) in [6, 6.07) is 9.75. The summed E-state index contributed by atoms with van der Waals surface area (Å²) < 4.78 is 2.15. The highest BCUT2D eigenvalue weighted by Gasteiger charge is 2.38. The fraction of sp³-hybridized carbons (Fsp3) is 0.500. The number of aromatic nitrogens is 2. The normalized spacial score (nSPS) is 27.3. The minimum atomic E-state index is 0.664. The van der Waals surface area contributed by atoms with E-state index in [1.54, 1.807) is 11.1 Å². The third-order valence-electron chi connectivity index (χ3n) is 5.28. The van der Waals surface area contributed by atoms with Crippen LogP contribution in [0.2, 0.25) is 0 Å². The number of nitrogens with one attached hydrogen (secondary N) is 1. The van der Waals surface area contributed by atoms with E-state index in [4.69, 9.17) is 0 Å². The molecule has 1 fully saturated rings. The highest BCUT2D eigenvalue weighted by atomic mass is 15.1. The molecule has 0 amide bonds. The fourth-order valence-electron chi connectivity index (χ4n) is 4.32. The second-order valence-corrected chi connectivity index (χ2v) is 6.48. The van der Waals surface area contributed by atoms with Crippen molar-refractivity contribution in [1.29, 1.82) is 0 Å². The van der Waals surface area contributed by atoms with E-state index in [2.05, 4.69) is 39.1 Å². The van der Waals surface area contributed by atoms with Gasteiger partial charge in [-0.25, -0.2) is 4.98 Å². The van der Waals surface area contributed by atoms with Crippen LogP contribution in [0.25, 0.3) is 0 Å². The van der Waals surface area contributed by atoms with Crippen LogP contribution < -0.4 is 5.32 Å². The number of hydrogen-bond acceptors (Lipinski definition) is 2. The van der Waals surface area contributed by atoms with E-state index < -0.39 is 0 Å². The zero-order chi connectivity index (χ0) is 14.1. The van der Waals surface area contributed by atoms with Gasteiger partial charge in [-0.2, -0.15) is 0 Å². The summed E-state index contributed by atoms with van der Waals surface area (Å²) in [6.45, 7) is 2.05. The molecule has 21 heavy (non-hydrogen) atoms. The maximum atomic E-state index is 4.11. The molecule has 1 aromatic carbocycles. The Morgan fingerprint density at radius 2 is 2.19 bits per heavy atom. The average molecular weight is 281 g/mol. The first-order valence-corrected chi connectivity index (χ1v) is 8.19. The lowest BCUT2D eigenvalue weighted by atomic mass is 9.66. The van der Waals surface area contributed by atoms with Gasteiger partial charge in [-0.3, -0.25) is 0 Å². The topological polar surface area (TPSA) is 29.9 Å². The van der Waals surface area contributed by atoms with Gasteiger partial charge in [0.1, 0.15) is 0 Å². The Bertz CT molecular complexity index is 590. The number of benzene rings is 1. The van der Waals surface area contributed by atoms with Crippen molar-refractivity contribution >= 4 is 0 Å². The molecule has 2 bridgehead atoms. The lowest BCUT2D eigenvalue weighted by molar-refractivity contribution is 0.211. The van der Waals surface area contributed by atoms with Crippen molar-refractivity contribution < 1.29 is 0 Å². The third-order valence-corrected chi connectivity index (χ3v) is 5.28. The molecule has 3 heteroatoms. The second-order valence-electron chi connectivity index (χ2n) is 6.48. The zero-order valence-corrected chi connectivity index (χ0v) is 12.4. The van der Waals surface area contributed by atoms with Crippen molar-refractivity contribution in [2.75, 3.05) is 6.54 Å². The molecule has 1 aromatic heterocycles. The van der Waals surface area contributed by atoms with Gasteiger partial charge >= 0.3 is 0 Å². The first-order chi connectivity index (χ1) is 10.4. The summed E-state index contributed by atoms with van der Waals surface area (Å²) in [5.74, 6) is 1.54. The van der Waals surface area contributed by atoms with Gasteiger partial charge in [0.25, 0.3) is 0 Å². The van der Waals surface area contributed by atoms with E-state index >= 15 is 0 Å². The Hall–Kier alpha value is -1.61. The van der Waals surface area contributed by atoms with Crippen molar-refractivity contribution in [2.24, 2.45) is 5.92 Å². The Balaban J connectivity index is 1.48. The molecule has 3 atom stereocenters. The Morgan fingerprint density at radius 3 is 3.10 bits per heavy atom. The number of rotatable bonds is 4. The molecule has 2 aliphatic rings. The Kier molecular flexibility index (Phi) is 3.52. The Morgan fingerprint density at radius 1 is 1.24 bits per heavy atom. The SMILES string of the molecule is c1ccc2c(c1)CC1CCCC2C1NCCn1ccnc1. The van der Waals surface area contributed by atoms with Crippen LogP contribution in [0.5, 0.6) is 0 Å². The molecule has 3 unspecified atom stereocenters. The van der Waals surface area contributed by atoms with Crippen molar-refractivity contribution in [3.05, 3.63) is 54.1 Å². The number of hydrogen-bond donors (Lipinski definition) is 1. The zero-order valence-electron chi connectivity index (χ0n) is 12.4. The maximum Gasteiger partial charge on any atom is 0.0946 e. The largest absolute Gasteiger partial charge is 0.336 e. The molecular formula is C18H23N3. The Labute approximate surface area is 126 Å². The van der Waals surface area contributed by atoms with Crippen LogP contribution in [0.4, 0.5) is 0 Å². The van der Waals surface area contributed by atoms with Crippen LogP contribution >= 0.6 is 0 Å². The molecule has 1 N–H and O–H groups in total.